The molecule has 0 atom stereocenters. The van der Waals surface area contributed by atoms with Gasteiger partial charge in [-0.1, -0.05) is 109 Å². The minimum Gasteiger partial charge on any atom is -0.481 e. The molecule has 1 saturated heterocycles. The summed E-state index contributed by atoms with van der Waals surface area (Å²) in [5.74, 6) is -0.591. The number of nitrogens with one attached hydrogen (secondary N) is 6. The highest BCUT2D eigenvalue weighted by Crippen LogP contribution is 2.44. The number of H-pyrrole nitrogens is 4. The number of aromatic amines is 4. The first kappa shape index (κ1) is 98.7. The number of halogens is 1. The number of hydrogen-bond donors (Lipinski definition) is 9. The number of carbonyl (C=O) groups excluding carboxylic acids is 1. The number of aryl methyl sites for hydroxylation is 5. The number of ether oxygens (including phenoxy) is 1. The molecule has 706 valence electrons. The van der Waals surface area contributed by atoms with E-state index in [1.54, 1.807) is 12.1 Å². The molecular weight excluding hydrogens is 1690 g/mol. The average molecular weight is 1820 g/mol. The number of aromatic nitrogens is 8. The second-order valence-electron chi connectivity index (χ2n) is 37.0. The lowest BCUT2D eigenvalue weighted by molar-refractivity contribution is -0.166. The van der Waals surface area contributed by atoms with Crippen molar-refractivity contribution in [2.45, 2.75) is 254 Å². The summed E-state index contributed by atoms with van der Waals surface area (Å²) in [5.41, 5.74) is 15.6. The largest absolute Gasteiger partial charge is 0.481 e. The third-order valence-corrected chi connectivity index (χ3v) is 24.6. The number of esters is 1. The second-order valence-corrected chi connectivity index (χ2v) is 37.0. The standard InChI is InChI=1S/C27H30FN5O3.C26H36N4O3.C25H33N5O3.C23H29N5O3/c1-17-15-22-23(16-21(17)29-13-12-19-8-10-20(28)11-9-19)33(14-6-4-3-5-7-24(34)35)26-25(32-22)27(36)31-18(2)30-26;1-16-14-19-20(15-17(16)2)30(22-21(29-19)23(31)28-18(3)27-22)13-11-9-10-12-26(7,8)24(32)33-25(4,5)6;1-16-14-20-21(15-19(16)28-18-10-6-5-7-11-18)30(13-9-4-3-8-12-22(31)32)24-23(29-20)25(33)27-17(2)26-24;1-15-13-17-19(14-18(15)27-10-7-8-11-27)28(12-6-4-3-5-9-20(29)30)22-21(26-17)23(31)25-16(2)24-22/h8-11,15-16,29H,2-7,12-14H2,1H3,(H,31,36)(H,34,35);14-15H,3,9-13H2,1-2,4-8H3,(H,28,31);14-15,18,28H,2-13H2,1H3,(H,27,33)(H,31,32);13-14H,2-12H2,1H3,(H,25,31)(H,29,30). The van der Waals surface area contributed by atoms with Crippen LogP contribution in [0.3, 0.4) is 0 Å². The van der Waals surface area contributed by atoms with Crippen molar-refractivity contribution in [3.63, 3.8) is 0 Å². The summed E-state index contributed by atoms with van der Waals surface area (Å²) in [6.45, 7) is 40.5. The summed E-state index contributed by atoms with van der Waals surface area (Å²) in [5, 5.41) is 34.9. The normalized spacial score (nSPS) is 13.8. The van der Waals surface area contributed by atoms with E-state index in [4.69, 9.17) is 20.1 Å². The lowest BCUT2D eigenvalue weighted by atomic mass is 9.86. The predicted molar refractivity (Wildman–Crippen MR) is 522 cm³/mol. The Labute approximate surface area is 772 Å². The first-order chi connectivity index (χ1) is 63.4. The SMILES string of the molecule is C=c1nc2c(c(=O)[nH]1)=Nc1cc(C)c(C)cc1N2CCCCCC(C)(C)C(=O)OC(C)(C)C.C=c1nc2c(c(=O)[nH]1)=Nc1cc(C)c(N3CCCC3)cc1N2CCCCCCC(=O)O.C=c1nc2c(c(=O)[nH]1)=Nc1cc(C)c(NC3CCCCC3)cc1N2CCCCCCC(=O)O.C=c1nc2c(c(=O)[nH]1)=Nc1cc(C)c(NCCc3ccc(F)cc3)cc1N2CCCCCCC(=O)O. The van der Waals surface area contributed by atoms with Crippen molar-refractivity contribution in [2.75, 3.05) is 80.9 Å². The number of anilines is 11. The molecule has 0 radical (unpaired) electrons. The Kier molecular flexibility index (Phi) is 33.2. The molecule has 4 aromatic heterocycles. The van der Waals surface area contributed by atoms with Crippen molar-refractivity contribution in [2.24, 2.45) is 25.4 Å². The Bertz CT molecular complexity index is 6540. The van der Waals surface area contributed by atoms with E-state index in [0.29, 0.717) is 119 Å². The van der Waals surface area contributed by atoms with Crippen LogP contribution in [0.5, 0.6) is 0 Å². The van der Waals surface area contributed by atoms with E-state index in [1.807, 2.05) is 77.6 Å². The molecule has 1 saturated carbocycles. The number of rotatable bonds is 35. The van der Waals surface area contributed by atoms with Crippen LogP contribution in [-0.2, 0) is 30.3 Å². The Morgan fingerprint density at radius 1 is 0.436 bits per heavy atom. The smallest absolute Gasteiger partial charge is 0.312 e. The highest BCUT2D eigenvalue weighted by atomic mass is 19.1. The van der Waals surface area contributed by atoms with Crippen LogP contribution in [0.25, 0.3) is 26.3 Å². The van der Waals surface area contributed by atoms with E-state index < -0.39 is 28.9 Å². The summed E-state index contributed by atoms with van der Waals surface area (Å²) in [4.78, 5) is 153. The third-order valence-electron chi connectivity index (χ3n) is 24.6. The molecule has 0 unspecified atom stereocenters. The Balaban J connectivity index is 0.000000160. The fraction of sp³-hybridized carbons (Fsp3) is 0.465. The molecular formula is C101H128FN19O12. The topological polar surface area (TPSA) is 411 Å². The predicted octanol–water partition coefficient (Wildman–Crippen LogP) is 14.0. The van der Waals surface area contributed by atoms with E-state index in [9.17, 15) is 42.7 Å². The number of unbranched alkanes of at least 4 members (excludes halogenated alkanes) is 11. The van der Waals surface area contributed by atoms with Crippen LogP contribution in [0.15, 0.2) is 112 Å². The van der Waals surface area contributed by atoms with Crippen LogP contribution in [0, 0.1) is 45.9 Å². The van der Waals surface area contributed by atoms with Gasteiger partial charge in [-0.2, -0.15) is 0 Å². The van der Waals surface area contributed by atoms with E-state index in [1.165, 1.54) is 62.8 Å². The minimum absolute atomic E-state index is 0.159. The number of carbonyl (C=O) groups is 4. The fourth-order valence-electron chi connectivity index (χ4n) is 17.4. The maximum atomic E-state index is 13.2. The highest BCUT2D eigenvalue weighted by Gasteiger charge is 2.34. The van der Waals surface area contributed by atoms with Gasteiger partial charge in [0.1, 0.15) is 33.3 Å². The fourth-order valence-corrected chi connectivity index (χ4v) is 17.4. The quantitative estimate of drug-likeness (QED) is 0.0132. The average Bonchev–Trinajstić information content (AvgIpc) is 1.74. The number of aliphatic carboxylic acids is 3. The number of hydrogen-bond acceptors (Lipinski definition) is 24. The van der Waals surface area contributed by atoms with Crippen LogP contribution in [0.4, 0.5) is 90.2 Å². The van der Waals surface area contributed by atoms with Crippen LogP contribution in [0.1, 0.15) is 235 Å². The van der Waals surface area contributed by atoms with Gasteiger partial charge in [-0.05, 0) is 247 Å². The van der Waals surface area contributed by atoms with Crippen molar-refractivity contribution in [3.8, 4) is 0 Å². The van der Waals surface area contributed by atoms with Crippen molar-refractivity contribution in [1.82, 2.24) is 39.9 Å². The lowest BCUT2D eigenvalue weighted by Crippen LogP contribution is -2.42. The van der Waals surface area contributed by atoms with Gasteiger partial charge in [0.25, 0.3) is 22.2 Å². The zero-order valence-electron chi connectivity index (χ0n) is 78.6. The Morgan fingerprint density at radius 3 is 1.20 bits per heavy atom. The molecule has 32 heteroatoms. The molecule has 15 rings (SSSR count). The summed E-state index contributed by atoms with van der Waals surface area (Å²) in [6.07, 6.45) is 23.1. The van der Waals surface area contributed by atoms with Gasteiger partial charge in [-0.3, -0.25) is 38.4 Å². The summed E-state index contributed by atoms with van der Waals surface area (Å²) in [7, 11) is 0. The number of carboxylic acid groups (broad SMARTS) is 3. The minimum atomic E-state index is -0.781. The lowest BCUT2D eigenvalue weighted by Gasteiger charge is -2.30. The first-order valence-electron chi connectivity index (χ1n) is 46.7. The Morgan fingerprint density at radius 2 is 0.789 bits per heavy atom. The second kappa shape index (κ2) is 44.8. The molecule has 0 spiro atoms. The maximum Gasteiger partial charge on any atom is 0.312 e. The highest BCUT2D eigenvalue weighted by molar-refractivity contribution is 5.84. The van der Waals surface area contributed by atoms with Gasteiger partial charge in [0.2, 0.25) is 0 Å². The molecule has 133 heavy (non-hydrogen) atoms. The van der Waals surface area contributed by atoms with Crippen LogP contribution in [-0.4, -0.2) is 137 Å². The molecule has 0 amide bonds. The van der Waals surface area contributed by atoms with E-state index in [2.05, 4.69) is 161 Å². The van der Waals surface area contributed by atoms with Gasteiger partial charge in [0.15, 0.2) is 44.7 Å². The van der Waals surface area contributed by atoms with Crippen molar-refractivity contribution >= 4 is 136 Å². The summed E-state index contributed by atoms with van der Waals surface area (Å²) >= 11 is 0. The molecule has 2 fully saturated rings. The monoisotopic (exact) mass is 1820 g/mol. The maximum absolute atomic E-state index is 13.2. The summed E-state index contributed by atoms with van der Waals surface area (Å²) < 4.78 is 18.7. The molecule has 5 aromatic carbocycles. The molecule has 1 aliphatic carbocycles. The van der Waals surface area contributed by atoms with Gasteiger partial charge in [0.05, 0.1) is 50.9 Å². The molecule has 9 heterocycles. The zero-order chi connectivity index (χ0) is 95.5. The van der Waals surface area contributed by atoms with Crippen LogP contribution in [0.2, 0.25) is 0 Å². The van der Waals surface area contributed by atoms with E-state index in [0.717, 1.165) is 188 Å². The molecule has 5 aliphatic heterocycles. The molecule has 31 nitrogen and oxygen atoms in total. The number of benzene rings is 5. The van der Waals surface area contributed by atoms with Gasteiger partial charge in [-0.15, -0.1) is 0 Å². The number of nitrogens with zero attached hydrogens (tertiary/aromatic N) is 13. The zero-order valence-corrected chi connectivity index (χ0v) is 78.6. The molecule has 0 bridgehead atoms. The van der Waals surface area contributed by atoms with Gasteiger partial charge < -0.3 is 75.1 Å². The van der Waals surface area contributed by atoms with Crippen molar-refractivity contribution in [3.05, 3.63) is 197 Å². The molecule has 9 N–H and O–H groups in total. The van der Waals surface area contributed by atoms with Gasteiger partial charge >= 0.3 is 23.9 Å². The first-order valence-corrected chi connectivity index (χ1v) is 46.7. The van der Waals surface area contributed by atoms with E-state index >= 15 is 0 Å². The van der Waals surface area contributed by atoms with Gasteiger partial charge in [0, 0.05) is 88.2 Å². The Hall–Kier alpha value is -13.3. The van der Waals surface area contributed by atoms with Crippen LogP contribution >= 0.6 is 0 Å². The van der Waals surface area contributed by atoms with Crippen molar-refractivity contribution < 1.29 is 43.6 Å². The van der Waals surface area contributed by atoms with Gasteiger partial charge in [-0.25, -0.2) is 44.3 Å². The molecule has 9 aromatic rings. The summed E-state index contributed by atoms with van der Waals surface area (Å²) in [6, 6.07) is 23.5. The van der Waals surface area contributed by atoms with Crippen molar-refractivity contribution in [1.29, 1.82) is 0 Å². The van der Waals surface area contributed by atoms with E-state index in [-0.39, 0.29) is 64.1 Å². The van der Waals surface area contributed by atoms with Crippen LogP contribution < -0.4 is 101 Å². The number of carboxylic acids is 3. The third kappa shape index (κ3) is 26.1. The number of fused-ring (bicyclic) bond motifs is 8. The molecule has 6 aliphatic rings.